The van der Waals surface area contributed by atoms with Gasteiger partial charge in [-0.15, -0.1) is 0 Å². The fourth-order valence-corrected chi connectivity index (χ4v) is 1.03. The summed E-state index contributed by atoms with van der Waals surface area (Å²) >= 11 is 0. The molecule has 0 saturated carbocycles. The van der Waals surface area contributed by atoms with Gasteiger partial charge >= 0.3 is 0 Å². The van der Waals surface area contributed by atoms with Crippen LogP contribution < -0.4 is 6.15 Å². The molecule has 2 rings (SSSR count). The van der Waals surface area contributed by atoms with Gasteiger partial charge in [0, 0.05) is 6.20 Å². The summed E-state index contributed by atoms with van der Waals surface area (Å²) in [6, 6.07) is 12.1. The van der Waals surface area contributed by atoms with Crippen LogP contribution in [0.1, 0.15) is 0 Å². The molecule has 62 valence electrons. The Morgan fingerprint density at radius 1 is 1.00 bits per heavy atom. The Bertz CT molecular complexity index is 313. The zero-order chi connectivity index (χ0) is 7.52. The average Bonchev–Trinajstić information content (AvgIpc) is 2.58. The second-order valence-electron chi connectivity index (χ2n) is 2.34. The fourth-order valence-electron chi connectivity index (χ4n) is 1.03. The Morgan fingerprint density at radius 3 is 2.33 bits per heavy atom. The summed E-state index contributed by atoms with van der Waals surface area (Å²) in [6.45, 7) is 0. The Hall–Kier alpha value is -1.61. The summed E-state index contributed by atoms with van der Waals surface area (Å²) < 4.78 is 0. The van der Waals surface area contributed by atoms with Crippen LogP contribution in [-0.4, -0.2) is 10.2 Å². The van der Waals surface area contributed by atoms with Crippen LogP contribution in [0.3, 0.4) is 0 Å². The minimum Gasteiger partial charge on any atom is -0.344 e. The van der Waals surface area contributed by atoms with Gasteiger partial charge < -0.3 is 6.15 Å². The van der Waals surface area contributed by atoms with Gasteiger partial charge in [0.05, 0.1) is 5.69 Å². The van der Waals surface area contributed by atoms with Crippen molar-refractivity contribution in [3.05, 3.63) is 42.6 Å². The van der Waals surface area contributed by atoms with E-state index in [1.54, 1.807) is 6.20 Å². The largest absolute Gasteiger partial charge is 0.344 e. The van der Waals surface area contributed by atoms with E-state index < -0.39 is 0 Å². The van der Waals surface area contributed by atoms with Crippen LogP contribution in [0.5, 0.6) is 0 Å². The summed E-state index contributed by atoms with van der Waals surface area (Å²) in [5.74, 6) is 0. The van der Waals surface area contributed by atoms with E-state index in [-0.39, 0.29) is 6.15 Å². The molecule has 0 amide bonds. The average molecular weight is 161 g/mol. The van der Waals surface area contributed by atoms with Crippen LogP contribution in [0.2, 0.25) is 0 Å². The van der Waals surface area contributed by atoms with Crippen molar-refractivity contribution in [2.45, 2.75) is 0 Å². The van der Waals surface area contributed by atoms with Crippen molar-refractivity contribution in [2.24, 2.45) is 0 Å². The molecule has 0 spiro atoms. The molecule has 0 radical (unpaired) electrons. The SMILES string of the molecule is N.c1ccc(-c2ccn[nH]2)cc1. The minimum atomic E-state index is 0. The second-order valence-corrected chi connectivity index (χ2v) is 2.34. The highest BCUT2D eigenvalue weighted by Gasteiger charge is 1.94. The van der Waals surface area contributed by atoms with Crippen LogP contribution in [0.15, 0.2) is 42.6 Å². The van der Waals surface area contributed by atoms with Crippen molar-refractivity contribution in [1.29, 1.82) is 0 Å². The van der Waals surface area contributed by atoms with Crippen molar-refractivity contribution in [2.75, 3.05) is 0 Å². The quantitative estimate of drug-likeness (QED) is 0.673. The Labute approximate surface area is 71.0 Å². The number of hydrogen-bond acceptors (Lipinski definition) is 2. The third-order valence-electron chi connectivity index (χ3n) is 1.59. The molecule has 0 aliphatic carbocycles. The van der Waals surface area contributed by atoms with E-state index >= 15 is 0 Å². The number of rotatable bonds is 1. The lowest BCUT2D eigenvalue weighted by molar-refractivity contribution is 1.10. The van der Waals surface area contributed by atoms with Gasteiger partial charge in [0.1, 0.15) is 0 Å². The molecule has 0 fully saturated rings. The van der Waals surface area contributed by atoms with E-state index in [2.05, 4.69) is 10.2 Å². The van der Waals surface area contributed by atoms with E-state index in [9.17, 15) is 0 Å². The van der Waals surface area contributed by atoms with E-state index in [4.69, 9.17) is 0 Å². The van der Waals surface area contributed by atoms with Gasteiger partial charge in [-0.25, -0.2) is 0 Å². The fraction of sp³-hybridized carbons (Fsp3) is 0. The molecule has 0 aliphatic heterocycles. The maximum atomic E-state index is 3.87. The first-order valence-electron chi connectivity index (χ1n) is 3.51. The molecule has 1 heterocycles. The number of H-pyrrole nitrogens is 1. The van der Waals surface area contributed by atoms with Crippen molar-refractivity contribution < 1.29 is 0 Å². The molecule has 4 N–H and O–H groups in total. The maximum absolute atomic E-state index is 3.87. The molecular formula is C9H11N3. The molecule has 0 aliphatic rings. The highest BCUT2D eigenvalue weighted by molar-refractivity contribution is 5.57. The van der Waals surface area contributed by atoms with Crippen LogP contribution in [-0.2, 0) is 0 Å². The number of aromatic amines is 1. The summed E-state index contributed by atoms with van der Waals surface area (Å²) in [5, 5.41) is 6.78. The zero-order valence-electron chi connectivity index (χ0n) is 6.70. The molecule has 1 aromatic heterocycles. The third kappa shape index (κ3) is 1.52. The van der Waals surface area contributed by atoms with E-state index in [0.717, 1.165) is 5.69 Å². The van der Waals surface area contributed by atoms with Gasteiger partial charge in [-0.05, 0) is 11.6 Å². The minimum absolute atomic E-state index is 0. The van der Waals surface area contributed by atoms with Gasteiger partial charge in [0.2, 0.25) is 0 Å². The van der Waals surface area contributed by atoms with Crippen molar-refractivity contribution >= 4 is 0 Å². The lowest BCUT2D eigenvalue weighted by Crippen LogP contribution is -1.75. The van der Waals surface area contributed by atoms with Gasteiger partial charge in [-0.1, -0.05) is 30.3 Å². The van der Waals surface area contributed by atoms with E-state index in [1.165, 1.54) is 5.56 Å². The van der Waals surface area contributed by atoms with Crippen LogP contribution in [0, 0.1) is 0 Å². The summed E-state index contributed by atoms with van der Waals surface area (Å²) in [4.78, 5) is 0. The lowest BCUT2D eigenvalue weighted by Gasteiger charge is -1.93. The monoisotopic (exact) mass is 161 g/mol. The predicted octanol–water partition coefficient (Wildman–Crippen LogP) is 2.24. The Balaban J connectivity index is 0.000000720. The van der Waals surface area contributed by atoms with Gasteiger partial charge in [0.25, 0.3) is 0 Å². The van der Waals surface area contributed by atoms with Crippen molar-refractivity contribution in [3.8, 4) is 11.3 Å². The lowest BCUT2D eigenvalue weighted by atomic mass is 10.2. The number of benzene rings is 1. The van der Waals surface area contributed by atoms with Crippen LogP contribution in [0.4, 0.5) is 0 Å². The number of nitrogens with one attached hydrogen (secondary N) is 1. The van der Waals surface area contributed by atoms with Gasteiger partial charge in [-0.2, -0.15) is 5.10 Å². The summed E-state index contributed by atoms with van der Waals surface area (Å²) in [7, 11) is 0. The Kier molecular flexibility index (Phi) is 2.61. The molecule has 3 nitrogen and oxygen atoms in total. The van der Waals surface area contributed by atoms with Crippen LogP contribution >= 0.6 is 0 Å². The van der Waals surface area contributed by atoms with E-state index in [0.29, 0.717) is 0 Å². The maximum Gasteiger partial charge on any atom is 0.0650 e. The third-order valence-corrected chi connectivity index (χ3v) is 1.59. The van der Waals surface area contributed by atoms with Crippen LogP contribution in [0.25, 0.3) is 11.3 Å². The van der Waals surface area contributed by atoms with Gasteiger partial charge in [-0.3, -0.25) is 5.10 Å². The smallest absolute Gasteiger partial charge is 0.0650 e. The van der Waals surface area contributed by atoms with Crippen molar-refractivity contribution in [1.82, 2.24) is 16.3 Å². The number of hydrogen-bond donors (Lipinski definition) is 2. The van der Waals surface area contributed by atoms with Crippen molar-refractivity contribution in [3.63, 3.8) is 0 Å². The standard InChI is InChI=1S/C9H8N2.H3N/c1-2-4-8(5-3-1)9-6-7-10-11-9;/h1-7H,(H,10,11);1H3. The second kappa shape index (κ2) is 3.69. The number of aromatic nitrogens is 2. The molecule has 0 atom stereocenters. The molecule has 1 aromatic carbocycles. The molecule has 0 unspecified atom stereocenters. The topological polar surface area (TPSA) is 63.7 Å². The molecule has 0 saturated heterocycles. The first-order valence-corrected chi connectivity index (χ1v) is 3.51. The first-order chi connectivity index (χ1) is 5.47. The van der Waals surface area contributed by atoms with E-state index in [1.807, 2.05) is 36.4 Å². The molecule has 2 aromatic rings. The predicted molar refractivity (Wildman–Crippen MR) is 49.0 cm³/mol. The first kappa shape index (κ1) is 8.49. The highest BCUT2D eigenvalue weighted by Crippen LogP contribution is 2.13. The summed E-state index contributed by atoms with van der Waals surface area (Å²) in [6.07, 6.45) is 1.75. The van der Waals surface area contributed by atoms with Gasteiger partial charge in [0.15, 0.2) is 0 Å². The molecular weight excluding hydrogens is 150 g/mol. The zero-order valence-corrected chi connectivity index (χ0v) is 6.70. The molecule has 3 heteroatoms. The summed E-state index contributed by atoms with van der Waals surface area (Å²) in [5.41, 5.74) is 2.23. The molecule has 12 heavy (non-hydrogen) atoms. The Morgan fingerprint density at radius 2 is 1.75 bits per heavy atom. The molecule has 0 bridgehead atoms. The highest BCUT2D eigenvalue weighted by atomic mass is 15.1. The normalized spacial score (nSPS) is 9.00. The number of nitrogens with zero attached hydrogens (tertiary/aromatic N) is 1.